The number of hydrogen-bond acceptors (Lipinski definition) is 4. The summed E-state index contributed by atoms with van der Waals surface area (Å²) < 4.78 is 0. The molecule has 0 saturated carbocycles. The van der Waals surface area contributed by atoms with E-state index >= 15 is 0 Å². The van der Waals surface area contributed by atoms with Crippen LogP contribution in [0.4, 0.5) is 0 Å². The van der Waals surface area contributed by atoms with Crippen LogP contribution in [0.3, 0.4) is 0 Å². The molecule has 0 spiro atoms. The Balaban J connectivity index is -0.0000000800. The van der Waals surface area contributed by atoms with Crippen molar-refractivity contribution in [2.45, 2.75) is 40.5 Å². The second kappa shape index (κ2) is 14.7. The molecular formula is C10H16Co2O4+5. The molecule has 0 aromatic rings. The second-order valence-electron chi connectivity index (χ2n) is 3.16. The van der Waals surface area contributed by atoms with Crippen LogP contribution < -0.4 is 0 Å². The summed E-state index contributed by atoms with van der Waals surface area (Å²) in [6.45, 7) is 5.62. The van der Waals surface area contributed by atoms with Gasteiger partial charge in [0.05, 0.1) is 12.8 Å². The number of ketones is 4. The summed E-state index contributed by atoms with van der Waals surface area (Å²) in [5.41, 5.74) is 0. The molecular weight excluding hydrogens is 302 g/mol. The minimum Gasteiger partial charge on any atom is -0.300 e. The van der Waals surface area contributed by atoms with Crippen LogP contribution in [0.2, 0.25) is 0 Å². The van der Waals surface area contributed by atoms with Crippen molar-refractivity contribution in [2.75, 3.05) is 0 Å². The molecule has 1 radical (unpaired) electrons. The van der Waals surface area contributed by atoms with Crippen LogP contribution in [0.1, 0.15) is 40.5 Å². The Morgan fingerprint density at radius 2 is 0.750 bits per heavy atom. The van der Waals surface area contributed by atoms with Crippen LogP contribution in [0.25, 0.3) is 0 Å². The van der Waals surface area contributed by atoms with E-state index in [2.05, 4.69) is 0 Å². The zero-order valence-electron chi connectivity index (χ0n) is 9.71. The number of rotatable bonds is 4. The molecule has 0 N–H and O–H groups in total. The molecule has 0 unspecified atom stereocenters. The van der Waals surface area contributed by atoms with E-state index in [4.69, 9.17) is 0 Å². The molecule has 0 atom stereocenters. The predicted octanol–water partition coefficient (Wildman–Crippen LogP) is 1.10. The number of carbonyl (C=O) groups is 4. The SMILES string of the molecule is CC(=O)CC(C)=O.CC(=O)CC(C)=O.[Co+2].[Co+3]. The molecule has 0 bridgehead atoms. The van der Waals surface area contributed by atoms with E-state index in [0.29, 0.717) is 0 Å². The number of Topliss-reactive ketones (excluding diaryl/α,β-unsaturated/α-hetero) is 4. The van der Waals surface area contributed by atoms with Gasteiger partial charge in [-0.2, -0.15) is 0 Å². The maximum atomic E-state index is 10.0. The fourth-order valence-corrected chi connectivity index (χ4v) is 0.701. The molecule has 0 aliphatic heterocycles. The monoisotopic (exact) mass is 318 g/mol. The van der Waals surface area contributed by atoms with Crippen LogP contribution in [0.5, 0.6) is 0 Å². The molecule has 4 nitrogen and oxygen atoms in total. The van der Waals surface area contributed by atoms with Crippen LogP contribution in [-0.2, 0) is 52.7 Å². The van der Waals surface area contributed by atoms with Crippen molar-refractivity contribution in [1.82, 2.24) is 0 Å². The van der Waals surface area contributed by atoms with Crippen LogP contribution >= 0.6 is 0 Å². The van der Waals surface area contributed by atoms with Gasteiger partial charge in [-0.25, -0.2) is 0 Å². The van der Waals surface area contributed by atoms with Crippen molar-refractivity contribution in [2.24, 2.45) is 0 Å². The summed E-state index contributed by atoms with van der Waals surface area (Å²) in [6, 6.07) is 0. The van der Waals surface area contributed by atoms with Gasteiger partial charge in [-0.3, -0.25) is 19.2 Å². The Kier molecular flexibility index (Phi) is 22.8. The van der Waals surface area contributed by atoms with E-state index in [-0.39, 0.29) is 69.5 Å². The summed E-state index contributed by atoms with van der Waals surface area (Å²) >= 11 is 0. The smallest absolute Gasteiger partial charge is 0.300 e. The molecule has 0 aromatic heterocycles. The fraction of sp³-hybridized carbons (Fsp3) is 0.600. The number of carbonyl (C=O) groups excluding carboxylic acids is 4. The molecule has 0 aliphatic carbocycles. The Labute approximate surface area is 116 Å². The largest absolute Gasteiger partial charge is 3.00 e. The first-order valence-electron chi connectivity index (χ1n) is 4.23. The average molecular weight is 318 g/mol. The molecule has 0 saturated heterocycles. The maximum Gasteiger partial charge on any atom is 3.00 e. The first kappa shape index (κ1) is 24.8. The molecule has 0 rings (SSSR count). The van der Waals surface area contributed by atoms with E-state index in [0.717, 1.165) is 0 Å². The molecule has 0 aromatic carbocycles. The Morgan fingerprint density at radius 3 is 0.750 bits per heavy atom. The maximum absolute atomic E-state index is 10.0. The normalized spacial score (nSPS) is 7.25. The van der Waals surface area contributed by atoms with E-state index in [1.165, 1.54) is 27.7 Å². The van der Waals surface area contributed by atoms with Crippen LogP contribution in [0.15, 0.2) is 0 Å². The van der Waals surface area contributed by atoms with Gasteiger partial charge >= 0.3 is 33.6 Å². The zero-order valence-corrected chi connectivity index (χ0v) is 11.8. The average Bonchev–Trinajstić information content (AvgIpc) is 1.79. The fourth-order valence-electron chi connectivity index (χ4n) is 0.701. The van der Waals surface area contributed by atoms with Gasteiger partial charge in [0.15, 0.2) is 0 Å². The molecule has 0 fully saturated rings. The van der Waals surface area contributed by atoms with Gasteiger partial charge in [-0.05, 0) is 27.7 Å². The topological polar surface area (TPSA) is 68.3 Å². The molecule has 0 heterocycles. The first-order valence-corrected chi connectivity index (χ1v) is 4.23. The van der Waals surface area contributed by atoms with Crippen molar-refractivity contribution in [3.63, 3.8) is 0 Å². The predicted molar refractivity (Wildman–Crippen MR) is 52.0 cm³/mol. The Hall–Kier alpha value is -0.307. The summed E-state index contributed by atoms with van der Waals surface area (Å²) in [6.07, 6.45) is 0.167. The van der Waals surface area contributed by atoms with Crippen molar-refractivity contribution in [1.29, 1.82) is 0 Å². The molecule has 93 valence electrons. The third-order valence-electron chi connectivity index (χ3n) is 0.996. The van der Waals surface area contributed by atoms with Gasteiger partial charge in [0.1, 0.15) is 23.1 Å². The van der Waals surface area contributed by atoms with E-state index < -0.39 is 0 Å². The van der Waals surface area contributed by atoms with Crippen LogP contribution in [0, 0.1) is 0 Å². The van der Waals surface area contributed by atoms with E-state index in [9.17, 15) is 19.2 Å². The molecule has 6 heteroatoms. The van der Waals surface area contributed by atoms with Gasteiger partial charge in [0.2, 0.25) is 0 Å². The van der Waals surface area contributed by atoms with E-state index in [1.54, 1.807) is 0 Å². The standard InChI is InChI=1S/2C5H8O2.2Co/c2*1-4(6)3-5(2)7;;/h2*3H2,1-2H3;;/q;;+2;+3. The van der Waals surface area contributed by atoms with Gasteiger partial charge in [-0.15, -0.1) is 0 Å². The molecule has 0 aliphatic rings. The van der Waals surface area contributed by atoms with Crippen molar-refractivity contribution < 1.29 is 52.7 Å². The van der Waals surface area contributed by atoms with Gasteiger partial charge in [0.25, 0.3) is 0 Å². The minimum absolute atomic E-state index is 0. The Morgan fingerprint density at radius 1 is 0.625 bits per heavy atom. The number of hydrogen-bond donors (Lipinski definition) is 0. The van der Waals surface area contributed by atoms with Gasteiger partial charge in [0, 0.05) is 0 Å². The summed E-state index contributed by atoms with van der Waals surface area (Å²) in [5.74, 6) is -0.250. The van der Waals surface area contributed by atoms with Crippen molar-refractivity contribution in [3.8, 4) is 0 Å². The quantitative estimate of drug-likeness (QED) is 0.728. The molecule has 0 amide bonds. The zero-order chi connectivity index (χ0) is 11.7. The summed E-state index contributed by atoms with van der Waals surface area (Å²) in [4.78, 5) is 40.1. The van der Waals surface area contributed by atoms with Gasteiger partial charge < -0.3 is 0 Å². The van der Waals surface area contributed by atoms with Crippen molar-refractivity contribution >= 4 is 23.1 Å². The molecule has 16 heavy (non-hydrogen) atoms. The van der Waals surface area contributed by atoms with Crippen molar-refractivity contribution in [3.05, 3.63) is 0 Å². The Bertz CT molecular complexity index is 199. The summed E-state index contributed by atoms with van der Waals surface area (Å²) in [5, 5.41) is 0. The third kappa shape index (κ3) is 37.3. The second-order valence-corrected chi connectivity index (χ2v) is 3.16. The first-order chi connectivity index (χ1) is 6.25. The summed E-state index contributed by atoms with van der Waals surface area (Å²) in [7, 11) is 0. The van der Waals surface area contributed by atoms with Gasteiger partial charge in [-0.1, -0.05) is 0 Å². The third-order valence-corrected chi connectivity index (χ3v) is 0.996. The van der Waals surface area contributed by atoms with E-state index in [1.807, 2.05) is 0 Å². The minimum atomic E-state index is -0.0625. The van der Waals surface area contributed by atoms with Crippen LogP contribution in [-0.4, -0.2) is 23.1 Å².